The van der Waals surface area contributed by atoms with Crippen molar-refractivity contribution in [3.63, 3.8) is 0 Å². The Balaban J connectivity index is 1.75. The molecule has 1 amide bonds. The molecule has 0 aromatic carbocycles. The largest absolute Gasteiger partial charge is 0.368 e. The van der Waals surface area contributed by atoms with Gasteiger partial charge in [0.05, 0.1) is 5.54 Å². The number of nitrogens with zero attached hydrogens (tertiary/aromatic N) is 2. The van der Waals surface area contributed by atoms with Crippen LogP contribution in [0.1, 0.15) is 32.6 Å². The standard InChI is InChI=1S/C15H30N4O/c1-15(14(16)20,17-13-4-5-13)7-9-19(3)11-12-6-8-18(2)10-12/h12-13,17H,4-11H2,1-3H3,(H2,16,20). The number of nitrogens with two attached hydrogens (primary N) is 1. The zero-order valence-electron chi connectivity index (χ0n) is 13.2. The fourth-order valence-corrected chi connectivity index (χ4v) is 3.07. The van der Waals surface area contributed by atoms with Gasteiger partial charge in [-0.25, -0.2) is 0 Å². The number of hydrogen-bond donors (Lipinski definition) is 2. The molecule has 0 aromatic rings. The second-order valence-corrected chi connectivity index (χ2v) is 7.04. The highest BCUT2D eigenvalue weighted by molar-refractivity contribution is 5.84. The summed E-state index contributed by atoms with van der Waals surface area (Å²) in [6.45, 7) is 6.38. The van der Waals surface area contributed by atoms with Crippen LogP contribution in [-0.2, 0) is 4.79 Å². The maximum atomic E-state index is 11.7. The molecule has 0 radical (unpaired) electrons. The molecule has 2 fully saturated rings. The van der Waals surface area contributed by atoms with E-state index in [9.17, 15) is 4.79 Å². The van der Waals surface area contributed by atoms with E-state index in [-0.39, 0.29) is 5.91 Å². The highest BCUT2D eigenvalue weighted by atomic mass is 16.1. The molecule has 5 nitrogen and oxygen atoms in total. The van der Waals surface area contributed by atoms with Crippen LogP contribution in [0.25, 0.3) is 0 Å². The summed E-state index contributed by atoms with van der Waals surface area (Å²) in [5.74, 6) is 0.541. The second-order valence-electron chi connectivity index (χ2n) is 7.04. The zero-order valence-corrected chi connectivity index (χ0v) is 13.2. The first kappa shape index (κ1) is 15.7. The number of hydrogen-bond acceptors (Lipinski definition) is 4. The van der Waals surface area contributed by atoms with E-state index >= 15 is 0 Å². The average Bonchev–Trinajstić information content (AvgIpc) is 3.08. The Morgan fingerprint density at radius 2 is 2.15 bits per heavy atom. The van der Waals surface area contributed by atoms with Crippen molar-refractivity contribution in [2.24, 2.45) is 11.7 Å². The van der Waals surface area contributed by atoms with Crippen molar-refractivity contribution < 1.29 is 4.79 Å². The van der Waals surface area contributed by atoms with Crippen LogP contribution in [0.3, 0.4) is 0 Å². The van der Waals surface area contributed by atoms with Crippen molar-refractivity contribution in [2.75, 3.05) is 40.3 Å². The van der Waals surface area contributed by atoms with Gasteiger partial charge in [0.2, 0.25) is 5.91 Å². The van der Waals surface area contributed by atoms with Crippen LogP contribution in [0.2, 0.25) is 0 Å². The second kappa shape index (κ2) is 6.41. The van der Waals surface area contributed by atoms with E-state index in [0.29, 0.717) is 6.04 Å². The monoisotopic (exact) mass is 282 g/mol. The van der Waals surface area contributed by atoms with Crippen molar-refractivity contribution in [3.8, 4) is 0 Å². The Morgan fingerprint density at radius 3 is 2.65 bits per heavy atom. The minimum atomic E-state index is -0.554. The molecule has 2 rings (SSSR count). The van der Waals surface area contributed by atoms with Gasteiger partial charge < -0.3 is 20.9 Å². The fraction of sp³-hybridized carbons (Fsp3) is 0.933. The third kappa shape index (κ3) is 4.43. The number of carbonyl (C=O) groups is 1. The van der Waals surface area contributed by atoms with E-state index in [2.05, 4.69) is 29.2 Å². The zero-order chi connectivity index (χ0) is 14.8. The molecule has 20 heavy (non-hydrogen) atoms. The van der Waals surface area contributed by atoms with Crippen LogP contribution in [0, 0.1) is 5.92 Å². The number of likely N-dealkylation sites (tertiary alicyclic amines) is 1. The predicted molar refractivity (Wildman–Crippen MR) is 81.5 cm³/mol. The van der Waals surface area contributed by atoms with E-state index in [0.717, 1.165) is 25.4 Å². The Bertz CT molecular complexity index is 345. The first-order chi connectivity index (χ1) is 9.39. The van der Waals surface area contributed by atoms with Gasteiger partial charge in [-0.3, -0.25) is 4.79 Å². The Hall–Kier alpha value is -0.650. The van der Waals surface area contributed by atoms with Crippen LogP contribution >= 0.6 is 0 Å². The molecule has 0 aromatic heterocycles. The van der Waals surface area contributed by atoms with Crippen LogP contribution < -0.4 is 11.1 Å². The van der Waals surface area contributed by atoms with E-state index < -0.39 is 5.54 Å². The van der Waals surface area contributed by atoms with E-state index in [4.69, 9.17) is 5.73 Å². The molecule has 1 aliphatic heterocycles. The molecule has 3 N–H and O–H groups in total. The number of primary amides is 1. The van der Waals surface area contributed by atoms with Gasteiger partial charge in [0.25, 0.3) is 0 Å². The van der Waals surface area contributed by atoms with Crippen molar-refractivity contribution in [1.29, 1.82) is 0 Å². The molecule has 1 saturated heterocycles. The lowest BCUT2D eigenvalue weighted by molar-refractivity contribution is -0.124. The van der Waals surface area contributed by atoms with Gasteiger partial charge >= 0.3 is 0 Å². The van der Waals surface area contributed by atoms with E-state index in [1.54, 1.807) is 0 Å². The number of amides is 1. The van der Waals surface area contributed by atoms with Crippen LogP contribution in [0.15, 0.2) is 0 Å². The first-order valence-electron chi connectivity index (χ1n) is 7.84. The summed E-state index contributed by atoms with van der Waals surface area (Å²) in [5.41, 5.74) is 5.03. The maximum absolute atomic E-state index is 11.7. The Morgan fingerprint density at radius 1 is 1.45 bits per heavy atom. The Kier molecular flexibility index (Phi) is 5.04. The number of carbonyl (C=O) groups excluding carboxylic acids is 1. The van der Waals surface area contributed by atoms with Gasteiger partial charge in [0, 0.05) is 25.7 Å². The lowest BCUT2D eigenvalue weighted by Crippen LogP contribution is -2.55. The topological polar surface area (TPSA) is 61.6 Å². The first-order valence-corrected chi connectivity index (χ1v) is 7.84. The normalized spacial score (nSPS) is 26.9. The summed E-state index contributed by atoms with van der Waals surface area (Å²) in [7, 11) is 4.33. The molecule has 2 unspecified atom stereocenters. The fourth-order valence-electron chi connectivity index (χ4n) is 3.07. The SMILES string of the molecule is CN1CCC(CN(C)CCC(C)(NC2CC2)C(N)=O)C1. The quantitative estimate of drug-likeness (QED) is 0.670. The lowest BCUT2D eigenvalue weighted by atomic mass is 9.96. The maximum Gasteiger partial charge on any atom is 0.237 e. The molecule has 0 spiro atoms. The summed E-state index contributed by atoms with van der Waals surface area (Å²) in [6, 6.07) is 0.501. The molecule has 2 atom stereocenters. The molecule has 1 aliphatic carbocycles. The predicted octanol–water partition coefficient (Wildman–Crippen LogP) is 0.256. The molecule has 1 heterocycles. The van der Waals surface area contributed by atoms with Gasteiger partial charge in [-0.15, -0.1) is 0 Å². The van der Waals surface area contributed by atoms with Gasteiger partial charge in [0.1, 0.15) is 0 Å². The Labute approximate surface area is 122 Å². The number of rotatable bonds is 8. The van der Waals surface area contributed by atoms with Gasteiger partial charge in [0.15, 0.2) is 0 Å². The highest BCUT2D eigenvalue weighted by Crippen LogP contribution is 2.24. The molecule has 0 bridgehead atoms. The van der Waals surface area contributed by atoms with Crippen molar-refractivity contribution in [1.82, 2.24) is 15.1 Å². The van der Waals surface area contributed by atoms with Crippen LogP contribution in [0.4, 0.5) is 0 Å². The van der Waals surface area contributed by atoms with Crippen molar-refractivity contribution in [2.45, 2.75) is 44.2 Å². The van der Waals surface area contributed by atoms with E-state index in [1.807, 2.05) is 6.92 Å². The smallest absolute Gasteiger partial charge is 0.237 e. The van der Waals surface area contributed by atoms with Crippen LogP contribution in [0.5, 0.6) is 0 Å². The summed E-state index contributed by atoms with van der Waals surface area (Å²) in [4.78, 5) is 16.5. The minimum Gasteiger partial charge on any atom is -0.368 e. The summed E-state index contributed by atoms with van der Waals surface area (Å²) < 4.78 is 0. The summed E-state index contributed by atoms with van der Waals surface area (Å²) in [5, 5.41) is 3.41. The molecule has 2 aliphatic rings. The molecule has 1 saturated carbocycles. The van der Waals surface area contributed by atoms with Gasteiger partial charge in [-0.1, -0.05) is 0 Å². The average molecular weight is 282 g/mol. The van der Waals surface area contributed by atoms with Crippen molar-refractivity contribution >= 4 is 5.91 Å². The summed E-state index contributed by atoms with van der Waals surface area (Å²) >= 11 is 0. The minimum absolute atomic E-state index is 0.224. The molecular weight excluding hydrogens is 252 g/mol. The van der Waals surface area contributed by atoms with E-state index in [1.165, 1.54) is 32.4 Å². The van der Waals surface area contributed by atoms with Gasteiger partial charge in [-0.2, -0.15) is 0 Å². The van der Waals surface area contributed by atoms with Crippen LogP contribution in [-0.4, -0.2) is 67.6 Å². The lowest BCUT2D eigenvalue weighted by Gasteiger charge is -2.30. The molecular formula is C15H30N4O. The third-order valence-electron chi connectivity index (χ3n) is 4.70. The number of nitrogens with one attached hydrogen (secondary N) is 1. The van der Waals surface area contributed by atoms with Crippen molar-refractivity contribution in [3.05, 3.63) is 0 Å². The third-order valence-corrected chi connectivity index (χ3v) is 4.70. The summed E-state index contributed by atoms with van der Waals surface area (Å²) in [6.07, 6.45) is 4.42. The van der Waals surface area contributed by atoms with Gasteiger partial charge in [-0.05, 0) is 59.2 Å². The molecule has 116 valence electrons. The molecule has 5 heteroatoms. The highest BCUT2D eigenvalue weighted by Gasteiger charge is 2.36.